The zero-order valence-corrected chi connectivity index (χ0v) is 10.00. The van der Waals surface area contributed by atoms with Gasteiger partial charge in [-0.05, 0) is 19.1 Å². The number of aryl methyl sites for hydroxylation is 1. The van der Waals surface area contributed by atoms with Crippen molar-refractivity contribution in [3.8, 4) is 12.3 Å². The van der Waals surface area contributed by atoms with Crippen molar-refractivity contribution < 1.29 is 8.95 Å². The Kier molecular flexibility index (Phi) is 5.38. The van der Waals surface area contributed by atoms with Crippen molar-refractivity contribution >= 4 is 10.8 Å². The molecule has 0 aliphatic heterocycles. The quantitative estimate of drug-likeness (QED) is 0.445. The minimum absolute atomic E-state index is 0.456. The van der Waals surface area contributed by atoms with Crippen LogP contribution in [0.15, 0.2) is 40.8 Å². The first kappa shape index (κ1) is 12.5. The first-order valence-corrected chi connectivity index (χ1v) is 6.14. The molecule has 1 aromatic rings. The molecule has 0 aliphatic carbocycles. The fraction of sp³-hybridized carbons (Fsp3) is 0.231. The number of benzene rings is 1. The zero-order chi connectivity index (χ0) is 11.8. The van der Waals surface area contributed by atoms with Crippen LogP contribution in [0.4, 0.5) is 0 Å². The topological polar surface area (TPSA) is 26.3 Å². The van der Waals surface area contributed by atoms with Gasteiger partial charge in [0.2, 0.25) is 0 Å². The van der Waals surface area contributed by atoms with Crippen LogP contribution in [0.2, 0.25) is 0 Å². The van der Waals surface area contributed by atoms with Crippen molar-refractivity contribution in [2.24, 2.45) is 0 Å². The minimum Gasteiger partial charge on any atom is -0.500 e. The first-order valence-electron chi connectivity index (χ1n) is 4.93. The maximum atomic E-state index is 11.7. The van der Waals surface area contributed by atoms with Gasteiger partial charge >= 0.3 is 0 Å². The van der Waals surface area contributed by atoms with E-state index in [0.29, 0.717) is 13.0 Å². The second-order valence-corrected chi connectivity index (χ2v) is 4.55. The molecule has 3 heteroatoms. The summed E-state index contributed by atoms with van der Waals surface area (Å²) in [5.41, 5.74) is 1.15. The monoisotopic (exact) mass is 234 g/mol. The van der Waals surface area contributed by atoms with Crippen LogP contribution < -0.4 is 0 Å². The molecule has 0 bridgehead atoms. The Morgan fingerprint density at radius 1 is 1.44 bits per heavy atom. The molecule has 0 radical (unpaired) electrons. The molecular weight excluding hydrogens is 220 g/mol. The highest BCUT2D eigenvalue weighted by Gasteiger charge is 1.98. The van der Waals surface area contributed by atoms with Crippen molar-refractivity contribution in [1.82, 2.24) is 0 Å². The normalized spacial score (nSPS) is 12.2. The molecule has 0 aromatic heterocycles. The molecule has 0 aliphatic rings. The molecule has 0 amide bonds. The molecule has 0 spiro atoms. The predicted molar refractivity (Wildman–Crippen MR) is 66.1 cm³/mol. The summed E-state index contributed by atoms with van der Waals surface area (Å²) in [4.78, 5) is 0.766. The standard InChI is InChI=1S/C13H14O2S/c1-3-4-9-15-10-11-16(14)13-7-5-12(2)6-8-13/h1,5-8,10-11H,4,9H2,2H3/b11-10+/t16-/m1/s1. The molecule has 0 unspecified atom stereocenters. The summed E-state index contributed by atoms with van der Waals surface area (Å²) in [7, 11) is -1.15. The first-order chi connectivity index (χ1) is 7.74. The maximum Gasteiger partial charge on any atom is 0.0982 e. The Hall–Kier alpha value is -1.53. The van der Waals surface area contributed by atoms with E-state index in [2.05, 4.69) is 5.92 Å². The van der Waals surface area contributed by atoms with Gasteiger partial charge in [0, 0.05) is 16.7 Å². The van der Waals surface area contributed by atoms with Crippen LogP contribution in [-0.2, 0) is 15.5 Å². The number of ether oxygens (including phenoxy) is 1. The van der Waals surface area contributed by atoms with Crippen LogP contribution in [0.1, 0.15) is 12.0 Å². The van der Waals surface area contributed by atoms with Crippen LogP contribution in [0.5, 0.6) is 0 Å². The number of terminal acetylenes is 1. The molecule has 2 nitrogen and oxygen atoms in total. The van der Waals surface area contributed by atoms with Crippen LogP contribution in [-0.4, -0.2) is 10.8 Å². The summed E-state index contributed by atoms with van der Waals surface area (Å²) in [6.07, 6.45) is 7.06. The molecule has 0 N–H and O–H groups in total. The molecule has 16 heavy (non-hydrogen) atoms. The molecule has 1 aromatic carbocycles. The van der Waals surface area contributed by atoms with Crippen LogP contribution in [0, 0.1) is 19.3 Å². The van der Waals surface area contributed by atoms with Gasteiger partial charge in [0.1, 0.15) is 0 Å². The third-order valence-corrected chi connectivity index (χ3v) is 2.99. The van der Waals surface area contributed by atoms with Crippen LogP contribution >= 0.6 is 0 Å². The van der Waals surface area contributed by atoms with Gasteiger partial charge in [0.05, 0.1) is 23.7 Å². The summed E-state index contributed by atoms with van der Waals surface area (Å²) in [5.74, 6) is 2.46. The van der Waals surface area contributed by atoms with Crippen LogP contribution in [0.3, 0.4) is 0 Å². The van der Waals surface area contributed by atoms with Gasteiger partial charge in [0.15, 0.2) is 0 Å². The van der Waals surface area contributed by atoms with Crippen molar-refractivity contribution in [2.75, 3.05) is 6.61 Å². The number of hydrogen-bond donors (Lipinski definition) is 0. The summed E-state index contributed by atoms with van der Waals surface area (Å²) in [6.45, 7) is 2.45. The van der Waals surface area contributed by atoms with Gasteiger partial charge < -0.3 is 4.74 Å². The largest absolute Gasteiger partial charge is 0.500 e. The van der Waals surface area contributed by atoms with E-state index < -0.39 is 10.8 Å². The fourth-order valence-electron chi connectivity index (χ4n) is 1.03. The minimum atomic E-state index is -1.15. The predicted octanol–water partition coefficient (Wildman–Crippen LogP) is 2.61. The lowest BCUT2D eigenvalue weighted by molar-refractivity contribution is 0.259. The Morgan fingerprint density at radius 3 is 2.75 bits per heavy atom. The average Bonchev–Trinajstić information content (AvgIpc) is 2.29. The van der Waals surface area contributed by atoms with Crippen molar-refractivity contribution in [3.63, 3.8) is 0 Å². The van der Waals surface area contributed by atoms with Crippen molar-refractivity contribution in [2.45, 2.75) is 18.2 Å². The average molecular weight is 234 g/mol. The van der Waals surface area contributed by atoms with E-state index >= 15 is 0 Å². The van der Waals surface area contributed by atoms with E-state index in [4.69, 9.17) is 11.2 Å². The number of rotatable bonds is 5. The Bertz CT molecular complexity index is 413. The van der Waals surface area contributed by atoms with Crippen molar-refractivity contribution in [1.29, 1.82) is 0 Å². The zero-order valence-electron chi connectivity index (χ0n) is 9.18. The summed E-state index contributed by atoms with van der Waals surface area (Å²) >= 11 is 0. The van der Waals surface area contributed by atoms with E-state index in [1.807, 2.05) is 31.2 Å². The van der Waals surface area contributed by atoms with E-state index in [9.17, 15) is 4.21 Å². The molecular formula is C13H14O2S. The second kappa shape index (κ2) is 6.86. The lowest BCUT2D eigenvalue weighted by atomic mass is 10.2. The molecule has 0 saturated heterocycles. The number of hydrogen-bond acceptors (Lipinski definition) is 2. The third kappa shape index (κ3) is 4.33. The van der Waals surface area contributed by atoms with E-state index in [0.717, 1.165) is 10.5 Å². The lowest BCUT2D eigenvalue weighted by Crippen LogP contribution is -1.88. The lowest BCUT2D eigenvalue weighted by Gasteiger charge is -1.98. The van der Waals surface area contributed by atoms with Gasteiger partial charge in [-0.15, -0.1) is 12.3 Å². The van der Waals surface area contributed by atoms with Crippen LogP contribution in [0.25, 0.3) is 0 Å². The molecule has 84 valence electrons. The van der Waals surface area contributed by atoms with Gasteiger partial charge in [-0.2, -0.15) is 0 Å². The molecule has 0 saturated carbocycles. The SMILES string of the molecule is C#CCCO/C=C/[S@@](=O)c1ccc(C)cc1. The van der Waals surface area contributed by atoms with Gasteiger partial charge in [-0.3, -0.25) is 0 Å². The fourth-order valence-corrected chi connectivity index (χ4v) is 1.77. The highest BCUT2D eigenvalue weighted by Crippen LogP contribution is 2.09. The van der Waals surface area contributed by atoms with E-state index in [-0.39, 0.29) is 0 Å². The summed E-state index contributed by atoms with van der Waals surface area (Å²) in [5, 5.41) is 1.52. The molecule has 0 fully saturated rings. The Morgan fingerprint density at radius 2 is 2.12 bits per heavy atom. The molecule has 1 rings (SSSR count). The smallest absolute Gasteiger partial charge is 0.0982 e. The maximum absolute atomic E-state index is 11.7. The van der Waals surface area contributed by atoms with Gasteiger partial charge in [-0.1, -0.05) is 17.7 Å². The highest BCUT2D eigenvalue weighted by molar-refractivity contribution is 7.88. The van der Waals surface area contributed by atoms with Gasteiger partial charge in [-0.25, -0.2) is 4.21 Å². The van der Waals surface area contributed by atoms with E-state index in [1.54, 1.807) is 0 Å². The van der Waals surface area contributed by atoms with Gasteiger partial charge in [0.25, 0.3) is 0 Å². The van der Waals surface area contributed by atoms with Crippen molar-refractivity contribution in [3.05, 3.63) is 41.5 Å². The van der Waals surface area contributed by atoms with E-state index in [1.165, 1.54) is 11.7 Å². The molecule has 1 atom stereocenters. The Labute approximate surface area is 98.8 Å². The second-order valence-electron chi connectivity index (χ2n) is 3.21. The third-order valence-electron chi connectivity index (χ3n) is 1.89. The Balaban J connectivity index is 2.46. The summed E-state index contributed by atoms with van der Waals surface area (Å²) < 4.78 is 16.8. The molecule has 0 heterocycles. The highest BCUT2D eigenvalue weighted by atomic mass is 32.2. The summed E-state index contributed by atoms with van der Waals surface area (Å²) in [6, 6.07) is 7.55.